The molecule has 4 nitrogen and oxygen atoms in total. The van der Waals surface area contributed by atoms with Gasteiger partial charge in [0.05, 0.1) is 17.8 Å². The fourth-order valence-corrected chi connectivity index (χ4v) is 2.68. The maximum atomic E-state index is 13.7. The molecule has 3 aromatic rings. The number of benzene rings is 2. The molecule has 0 N–H and O–H groups in total. The van der Waals surface area contributed by atoms with Crippen LogP contribution in [0.4, 0.5) is 4.39 Å². The van der Waals surface area contributed by atoms with Crippen molar-refractivity contribution in [1.29, 1.82) is 0 Å². The van der Waals surface area contributed by atoms with Gasteiger partial charge in [0.15, 0.2) is 0 Å². The molecule has 2 aromatic carbocycles. The lowest BCUT2D eigenvalue weighted by molar-refractivity contribution is 0.415. The molecule has 1 heterocycles. The van der Waals surface area contributed by atoms with Crippen molar-refractivity contribution in [2.45, 2.75) is 0 Å². The van der Waals surface area contributed by atoms with Gasteiger partial charge in [-0.3, -0.25) is 4.57 Å². The topological polar surface area (TPSA) is 36.2 Å². The van der Waals surface area contributed by atoms with Crippen molar-refractivity contribution < 1.29 is 10.5 Å². The zero-order valence-corrected chi connectivity index (χ0v) is 13.0. The lowest BCUT2D eigenvalue weighted by Crippen LogP contribution is -2.20. The molecule has 6 heteroatoms. The number of methoxy groups -OCH3 is 1. The summed E-state index contributed by atoms with van der Waals surface area (Å²) in [6.07, 6.45) is 3.16. The summed E-state index contributed by atoms with van der Waals surface area (Å²) >= 11 is 6.02. The number of rotatable bonds is 3. The molecular formula is C17H14ClFN2O2. The molecule has 0 saturated heterocycles. The zero-order valence-electron chi connectivity index (χ0n) is 13.3. The molecule has 118 valence electrons. The van der Waals surface area contributed by atoms with Crippen LogP contribution in [0.25, 0.3) is 16.8 Å². The van der Waals surface area contributed by atoms with Crippen LogP contribution in [0, 0.1) is 5.82 Å². The summed E-state index contributed by atoms with van der Waals surface area (Å²) in [7, 11) is 1.34. The number of ether oxygens (including phenoxy) is 1. The number of hydrogen-bond acceptors (Lipinski definition) is 2. The predicted octanol–water partition coefficient (Wildman–Crippen LogP) is 3.64. The predicted molar refractivity (Wildman–Crippen MR) is 88.0 cm³/mol. The Morgan fingerprint density at radius 2 is 1.96 bits per heavy atom. The van der Waals surface area contributed by atoms with Crippen molar-refractivity contribution in [3.05, 3.63) is 70.1 Å². The summed E-state index contributed by atoms with van der Waals surface area (Å²) in [6.45, 7) is 0. The molecular weight excluding hydrogens is 319 g/mol. The fraction of sp³-hybridized carbons (Fsp3) is 0.118. The number of imidazole rings is 1. The van der Waals surface area contributed by atoms with E-state index in [0.29, 0.717) is 22.6 Å². The Balaban J connectivity index is 2.04. The molecule has 0 saturated carbocycles. The molecule has 0 spiro atoms. The molecule has 3 rings (SSSR count). The van der Waals surface area contributed by atoms with E-state index in [1.807, 2.05) is 0 Å². The van der Waals surface area contributed by atoms with Gasteiger partial charge < -0.3 is 9.30 Å². The second-order valence-corrected chi connectivity index (χ2v) is 5.34. The van der Waals surface area contributed by atoms with E-state index in [4.69, 9.17) is 17.7 Å². The van der Waals surface area contributed by atoms with Gasteiger partial charge in [0.1, 0.15) is 11.6 Å². The summed E-state index contributed by atoms with van der Waals surface area (Å²) in [5, 5.41) is 0.195. The second kappa shape index (κ2) is 5.93. The van der Waals surface area contributed by atoms with Gasteiger partial charge in [-0.25, -0.2) is 9.18 Å². The fourth-order valence-electron chi connectivity index (χ4n) is 2.39. The van der Waals surface area contributed by atoms with E-state index in [0.717, 1.165) is 0 Å². The second-order valence-electron chi connectivity index (χ2n) is 4.94. The van der Waals surface area contributed by atoms with Gasteiger partial charge in [-0.1, -0.05) is 23.7 Å². The molecule has 0 atom stereocenters. The Labute approximate surface area is 138 Å². The van der Waals surface area contributed by atoms with Crippen molar-refractivity contribution in [2.24, 2.45) is 7.02 Å². The number of halogens is 2. The first-order valence-corrected chi connectivity index (χ1v) is 7.14. The lowest BCUT2D eigenvalue weighted by Gasteiger charge is -2.11. The molecule has 0 fully saturated rings. The molecule has 0 aliphatic heterocycles. The van der Waals surface area contributed by atoms with Crippen molar-refractivity contribution >= 4 is 11.6 Å². The summed E-state index contributed by atoms with van der Waals surface area (Å²) < 4.78 is 28.9. The number of aromatic nitrogens is 2. The normalized spacial score (nSPS) is 11.3. The first-order chi connectivity index (χ1) is 11.5. The highest BCUT2D eigenvalue weighted by Gasteiger charge is 2.13. The van der Waals surface area contributed by atoms with Gasteiger partial charge in [0, 0.05) is 26.4 Å². The number of hydrogen-bond donors (Lipinski definition) is 0. The van der Waals surface area contributed by atoms with Crippen LogP contribution in [0.5, 0.6) is 5.75 Å². The summed E-state index contributed by atoms with van der Waals surface area (Å²) in [5.74, 6) is -0.0630. The SMILES string of the molecule is [2H]Cn1ccn(-c2ccc(-c3cc(F)cc(Cl)c3OC)cc2)c1=O. The van der Waals surface area contributed by atoms with E-state index in [1.165, 1.54) is 28.4 Å². The summed E-state index contributed by atoms with van der Waals surface area (Å²) in [4.78, 5) is 12.1. The summed E-state index contributed by atoms with van der Waals surface area (Å²) in [6, 6.07) is 9.54. The first kappa shape index (κ1) is 14.1. The third kappa shape index (κ3) is 2.75. The zero-order chi connectivity index (χ0) is 17.3. The van der Waals surface area contributed by atoms with Crippen LogP contribution in [-0.2, 0) is 7.02 Å². The maximum Gasteiger partial charge on any atom is 0.332 e. The highest BCUT2D eigenvalue weighted by molar-refractivity contribution is 6.32. The van der Waals surface area contributed by atoms with Gasteiger partial charge >= 0.3 is 5.69 Å². The Kier molecular flexibility index (Phi) is 3.63. The van der Waals surface area contributed by atoms with Crippen LogP contribution in [0.1, 0.15) is 1.37 Å². The van der Waals surface area contributed by atoms with E-state index in [-0.39, 0.29) is 17.7 Å². The number of nitrogens with zero attached hydrogens (tertiary/aromatic N) is 2. The van der Waals surface area contributed by atoms with Crippen LogP contribution in [0.15, 0.2) is 53.6 Å². The maximum absolute atomic E-state index is 13.7. The monoisotopic (exact) mass is 333 g/mol. The molecule has 0 radical (unpaired) electrons. The van der Waals surface area contributed by atoms with E-state index < -0.39 is 5.82 Å². The third-order valence-electron chi connectivity index (χ3n) is 3.52. The molecule has 0 unspecified atom stereocenters. The Bertz CT molecular complexity index is 935. The smallest absolute Gasteiger partial charge is 0.332 e. The number of aryl methyl sites for hydroxylation is 1. The Morgan fingerprint density at radius 3 is 2.57 bits per heavy atom. The quantitative estimate of drug-likeness (QED) is 0.733. The molecule has 1 aromatic heterocycles. The average molecular weight is 334 g/mol. The van der Waals surface area contributed by atoms with Crippen molar-refractivity contribution in [3.63, 3.8) is 0 Å². The molecule has 23 heavy (non-hydrogen) atoms. The third-order valence-corrected chi connectivity index (χ3v) is 3.80. The molecule has 0 aliphatic carbocycles. The van der Waals surface area contributed by atoms with Crippen molar-refractivity contribution in [3.8, 4) is 22.6 Å². The Hall–Kier alpha value is -2.53. The van der Waals surface area contributed by atoms with Gasteiger partial charge in [-0.2, -0.15) is 0 Å². The highest BCUT2D eigenvalue weighted by atomic mass is 35.5. The minimum atomic E-state index is -0.455. The standard InChI is InChI=1S/C17H14ClFN2O2/c1-20-7-8-21(17(20)22)13-5-3-11(4-6-13)14-9-12(19)10-15(18)16(14)23-2/h3-10H,1-2H3/i1D. The van der Waals surface area contributed by atoms with Crippen molar-refractivity contribution in [2.75, 3.05) is 7.11 Å². The van der Waals surface area contributed by atoms with Gasteiger partial charge in [0.2, 0.25) is 0 Å². The van der Waals surface area contributed by atoms with Crippen LogP contribution in [0.3, 0.4) is 0 Å². The van der Waals surface area contributed by atoms with Crippen LogP contribution >= 0.6 is 11.6 Å². The first-order valence-electron chi connectivity index (χ1n) is 7.46. The van der Waals surface area contributed by atoms with E-state index >= 15 is 0 Å². The largest absolute Gasteiger partial charge is 0.495 e. The van der Waals surface area contributed by atoms with Gasteiger partial charge in [0.25, 0.3) is 0 Å². The van der Waals surface area contributed by atoms with Gasteiger partial charge in [-0.05, 0) is 29.8 Å². The minimum Gasteiger partial charge on any atom is -0.495 e. The Morgan fingerprint density at radius 1 is 1.22 bits per heavy atom. The van der Waals surface area contributed by atoms with Crippen LogP contribution < -0.4 is 10.4 Å². The lowest BCUT2D eigenvalue weighted by atomic mass is 10.0. The van der Waals surface area contributed by atoms with E-state index in [1.54, 1.807) is 36.7 Å². The van der Waals surface area contributed by atoms with E-state index in [2.05, 4.69) is 0 Å². The van der Waals surface area contributed by atoms with Crippen molar-refractivity contribution in [1.82, 2.24) is 9.13 Å². The highest BCUT2D eigenvalue weighted by Crippen LogP contribution is 2.37. The summed E-state index contributed by atoms with van der Waals surface area (Å²) in [5.41, 5.74) is 1.61. The molecule has 0 aliphatic rings. The average Bonchev–Trinajstić information content (AvgIpc) is 2.95. The van der Waals surface area contributed by atoms with E-state index in [9.17, 15) is 9.18 Å². The van der Waals surface area contributed by atoms with Crippen LogP contribution in [0.2, 0.25) is 5.02 Å². The molecule has 0 amide bonds. The molecule has 0 bridgehead atoms. The van der Waals surface area contributed by atoms with Crippen LogP contribution in [-0.4, -0.2) is 16.2 Å². The van der Waals surface area contributed by atoms with Gasteiger partial charge in [-0.15, -0.1) is 0 Å². The minimum absolute atomic E-state index is 0.136.